The van der Waals surface area contributed by atoms with Crippen molar-refractivity contribution in [1.29, 1.82) is 0 Å². The Hall–Kier alpha value is -3.28. The molecule has 1 aliphatic heterocycles. The molecule has 4 atom stereocenters. The van der Waals surface area contributed by atoms with E-state index in [0.29, 0.717) is 12.1 Å². The summed E-state index contributed by atoms with van der Waals surface area (Å²) in [6.45, 7) is 2.85. The lowest BCUT2D eigenvalue weighted by molar-refractivity contribution is -0.139. The Morgan fingerprint density at radius 1 is 1.12 bits per heavy atom. The van der Waals surface area contributed by atoms with E-state index in [2.05, 4.69) is 40.0 Å². The van der Waals surface area contributed by atoms with E-state index in [1.54, 1.807) is 0 Å². The van der Waals surface area contributed by atoms with Gasteiger partial charge in [0.05, 0.1) is 5.56 Å². The molecule has 0 saturated heterocycles. The van der Waals surface area contributed by atoms with Gasteiger partial charge in [0.15, 0.2) is 0 Å². The zero-order chi connectivity index (χ0) is 22.6. The minimum Gasteiger partial charge on any atom is -0.362 e. The number of para-hydroxylation sites is 2. The molecule has 3 fully saturated rings. The summed E-state index contributed by atoms with van der Waals surface area (Å²) in [4.78, 5) is 29.5. The predicted molar refractivity (Wildman–Crippen MR) is 129 cm³/mol. The Labute approximate surface area is 193 Å². The molecule has 2 bridgehead atoms. The normalized spacial score (nSPS) is 30.0. The molecule has 4 aliphatic rings. The van der Waals surface area contributed by atoms with Crippen LogP contribution in [0.15, 0.2) is 54.7 Å². The van der Waals surface area contributed by atoms with Crippen LogP contribution in [0.2, 0.25) is 0 Å². The highest BCUT2D eigenvalue weighted by atomic mass is 16.2. The maximum atomic E-state index is 13.3. The van der Waals surface area contributed by atoms with Crippen LogP contribution in [0.25, 0.3) is 10.9 Å². The monoisotopic (exact) mass is 442 g/mol. The number of H-pyrrole nitrogens is 1. The van der Waals surface area contributed by atoms with E-state index < -0.39 is 5.66 Å². The summed E-state index contributed by atoms with van der Waals surface area (Å²) in [5.74, 6) is 0.348. The second-order valence-electron chi connectivity index (χ2n) is 10.4. The lowest BCUT2D eigenvalue weighted by Crippen LogP contribution is -2.70. The lowest BCUT2D eigenvalue weighted by Gasteiger charge is -2.60. The smallest absolute Gasteiger partial charge is 0.255 e. The van der Waals surface area contributed by atoms with Gasteiger partial charge in [0.25, 0.3) is 5.91 Å². The molecule has 2 heterocycles. The molecule has 2 aromatic carbocycles. The Morgan fingerprint density at radius 3 is 2.82 bits per heavy atom. The van der Waals surface area contributed by atoms with Crippen molar-refractivity contribution in [3.8, 4) is 0 Å². The Balaban J connectivity index is 1.15. The first-order chi connectivity index (χ1) is 16.0. The first kappa shape index (κ1) is 20.3. The van der Waals surface area contributed by atoms with E-state index in [1.165, 1.54) is 10.9 Å². The van der Waals surface area contributed by atoms with Gasteiger partial charge >= 0.3 is 0 Å². The number of hydrogen-bond acceptors (Lipinski definition) is 3. The summed E-state index contributed by atoms with van der Waals surface area (Å²) >= 11 is 0. The largest absolute Gasteiger partial charge is 0.362 e. The van der Waals surface area contributed by atoms with Crippen LogP contribution in [0.5, 0.6) is 0 Å². The molecule has 170 valence electrons. The summed E-state index contributed by atoms with van der Waals surface area (Å²) in [6.07, 6.45) is 6.45. The third-order valence-electron chi connectivity index (χ3n) is 8.36. The SMILES string of the molecule is C[C@@]12CC[C@@H](C[C@H]1C(=O)NCCc1c[nH]c3ccccc13)[C@]1(C2)NC(=O)c2ccccc2N1. The summed E-state index contributed by atoms with van der Waals surface area (Å²) in [5.41, 5.74) is 3.35. The van der Waals surface area contributed by atoms with E-state index in [4.69, 9.17) is 0 Å². The number of hydrogen-bond donors (Lipinski definition) is 4. The van der Waals surface area contributed by atoms with E-state index in [0.717, 1.165) is 43.3 Å². The van der Waals surface area contributed by atoms with Crippen LogP contribution < -0.4 is 16.0 Å². The van der Waals surface area contributed by atoms with E-state index >= 15 is 0 Å². The van der Waals surface area contributed by atoms with Gasteiger partial charge < -0.3 is 20.9 Å². The van der Waals surface area contributed by atoms with Crippen molar-refractivity contribution in [1.82, 2.24) is 15.6 Å². The molecule has 3 aliphatic carbocycles. The van der Waals surface area contributed by atoms with Crippen molar-refractivity contribution in [3.05, 3.63) is 65.9 Å². The number of nitrogens with one attached hydrogen (secondary N) is 4. The average Bonchev–Trinajstić information content (AvgIpc) is 3.22. The number of benzene rings is 2. The lowest BCUT2D eigenvalue weighted by atomic mass is 9.51. The van der Waals surface area contributed by atoms with Crippen LogP contribution in [-0.2, 0) is 11.2 Å². The molecule has 0 unspecified atom stereocenters. The molecule has 33 heavy (non-hydrogen) atoms. The minimum atomic E-state index is -0.459. The fraction of sp³-hybridized carbons (Fsp3) is 0.407. The van der Waals surface area contributed by atoms with Gasteiger partial charge in [-0.25, -0.2) is 0 Å². The maximum Gasteiger partial charge on any atom is 0.255 e. The minimum absolute atomic E-state index is 0.0137. The first-order valence-electron chi connectivity index (χ1n) is 12.0. The Bertz CT molecular complexity index is 1250. The third-order valence-corrected chi connectivity index (χ3v) is 8.36. The fourth-order valence-electron chi connectivity index (χ4n) is 6.64. The van der Waals surface area contributed by atoms with Crippen molar-refractivity contribution >= 4 is 28.4 Å². The molecule has 4 N–H and O–H groups in total. The van der Waals surface area contributed by atoms with E-state index in [-0.39, 0.29) is 29.1 Å². The molecular formula is C27H30N4O2. The Morgan fingerprint density at radius 2 is 1.94 bits per heavy atom. The molecule has 3 aromatic rings. The van der Waals surface area contributed by atoms with Gasteiger partial charge in [0.2, 0.25) is 5.91 Å². The van der Waals surface area contributed by atoms with Gasteiger partial charge in [-0.2, -0.15) is 0 Å². The zero-order valence-corrected chi connectivity index (χ0v) is 18.9. The van der Waals surface area contributed by atoms with Crippen molar-refractivity contribution in [2.45, 2.75) is 44.7 Å². The molecule has 6 heteroatoms. The number of aromatic nitrogens is 1. The molecule has 3 saturated carbocycles. The second kappa shape index (κ2) is 7.37. The van der Waals surface area contributed by atoms with Gasteiger partial charge in [-0.05, 0) is 61.3 Å². The Kier molecular flexibility index (Phi) is 4.54. The molecule has 1 aromatic heterocycles. The number of fused-ring (bicyclic) bond motifs is 4. The first-order valence-corrected chi connectivity index (χ1v) is 12.0. The number of rotatable bonds is 4. The highest BCUT2D eigenvalue weighted by Gasteiger charge is 2.60. The number of aromatic amines is 1. The molecular weight excluding hydrogens is 412 g/mol. The zero-order valence-electron chi connectivity index (χ0n) is 18.9. The second-order valence-corrected chi connectivity index (χ2v) is 10.4. The number of amides is 2. The molecule has 2 amide bonds. The highest BCUT2D eigenvalue weighted by molar-refractivity contribution is 6.02. The van der Waals surface area contributed by atoms with Crippen LogP contribution in [-0.4, -0.2) is 29.0 Å². The van der Waals surface area contributed by atoms with Crippen molar-refractivity contribution < 1.29 is 9.59 Å². The molecule has 0 radical (unpaired) electrons. The number of anilines is 1. The average molecular weight is 443 g/mol. The van der Waals surface area contributed by atoms with Crippen molar-refractivity contribution in [2.24, 2.45) is 17.3 Å². The van der Waals surface area contributed by atoms with Gasteiger partial charge in [0.1, 0.15) is 5.66 Å². The quantitative estimate of drug-likeness (QED) is 0.488. The highest BCUT2D eigenvalue weighted by Crippen LogP contribution is 2.58. The van der Waals surface area contributed by atoms with Gasteiger partial charge in [-0.3, -0.25) is 9.59 Å². The molecule has 7 rings (SSSR count). The molecule has 6 nitrogen and oxygen atoms in total. The van der Waals surface area contributed by atoms with Crippen molar-refractivity contribution in [3.63, 3.8) is 0 Å². The van der Waals surface area contributed by atoms with Crippen LogP contribution in [0.4, 0.5) is 5.69 Å². The van der Waals surface area contributed by atoms with Crippen LogP contribution in [0, 0.1) is 17.3 Å². The van der Waals surface area contributed by atoms with Crippen molar-refractivity contribution in [2.75, 3.05) is 11.9 Å². The molecule has 1 spiro atoms. The summed E-state index contributed by atoms with van der Waals surface area (Å²) in [5, 5.41) is 11.4. The summed E-state index contributed by atoms with van der Waals surface area (Å²) < 4.78 is 0. The van der Waals surface area contributed by atoms with Crippen LogP contribution in [0.3, 0.4) is 0 Å². The van der Waals surface area contributed by atoms with E-state index in [9.17, 15) is 9.59 Å². The van der Waals surface area contributed by atoms with E-state index in [1.807, 2.05) is 42.6 Å². The number of carbonyl (C=O) groups excluding carboxylic acids is 2. The fourth-order valence-corrected chi connectivity index (χ4v) is 6.64. The van der Waals surface area contributed by atoms with Gasteiger partial charge in [-0.1, -0.05) is 37.3 Å². The van der Waals surface area contributed by atoms with Crippen LogP contribution >= 0.6 is 0 Å². The maximum absolute atomic E-state index is 13.3. The van der Waals surface area contributed by atoms with Gasteiger partial charge in [0, 0.05) is 41.2 Å². The number of carbonyl (C=O) groups is 2. The standard InChI is InChI=1S/C27H30N4O2/c1-26-12-10-18(27(16-26)30-23-9-5-3-7-20(23)24(32)31-27)14-21(26)25(33)28-13-11-17-15-29-22-8-4-2-6-19(17)22/h2-9,15,18,21,29-30H,10-14,16H2,1H3,(H,28,33)(H,31,32)/t18-,21-,26-,27-/m0/s1. The summed E-state index contributed by atoms with van der Waals surface area (Å²) in [6, 6.07) is 16.0. The third kappa shape index (κ3) is 3.23. The predicted octanol–water partition coefficient (Wildman–Crippen LogP) is 4.20. The topological polar surface area (TPSA) is 86.0 Å². The van der Waals surface area contributed by atoms with Gasteiger partial charge in [-0.15, -0.1) is 0 Å². The summed E-state index contributed by atoms with van der Waals surface area (Å²) in [7, 11) is 0. The van der Waals surface area contributed by atoms with Crippen LogP contribution in [0.1, 0.15) is 48.5 Å².